The van der Waals surface area contributed by atoms with Crippen LogP contribution in [0.1, 0.15) is 13.8 Å². The average molecular weight is 306 g/mol. The quantitative estimate of drug-likeness (QED) is 0.873. The fourth-order valence-electron chi connectivity index (χ4n) is 0.869. The normalized spacial score (nSPS) is 11.1. The molecule has 0 bridgehead atoms. The Morgan fingerprint density at radius 1 is 1.50 bits per heavy atom. The second kappa shape index (κ2) is 4.16. The molecular weight excluding hydrogens is 295 g/mol. The molecule has 0 radical (unpaired) electrons. The Morgan fingerprint density at radius 2 is 2.14 bits per heavy atom. The minimum atomic E-state index is -1.19. The molecular formula is C10H11IO3. The van der Waals surface area contributed by atoms with Gasteiger partial charge in [0.2, 0.25) is 0 Å². The number of hydrogen-bond donors (Lipinski definition) is 1. The molecule has 0 aromatic heterocycles. The predicted molar refractivity (Wildman–Crippen MR) is 61.5 cm³/mol. The van der Waals surface area contributed by atoms with Gasteiger partial charge in [0.25, 0.3) is 0 Å². The maximum absolute atomic E-state index is 10.8. The van der Waals surface area contributed by atoms with Crippen LogP contribution in [-0.4, -0.2) is 16.7 Å². The van der Waals surface area contributed by atoms with Crippen molar-refractivity contribution in [3.05, 3.63) is 27.8 Å². The molecule has 1 rings (SSSR count). The third-order valence-corrected chi connectivity index (χ3v) is 2.36. The van der Waals surface area contributed by atoms with E-state index < -0.39 is 11.6 Å². The summed E-state index contributed by atoms with van der Waals surface area (Å²) in [6.45, 7) is 3.05. The molecule has 1 N–H and O–H groups in total. The van der Waals surface area contributed by atoms with E-state index in [9.17, 15) is 4.79 Å². The second-order valence-electron chi connectivity index (χ2n) is 3.37. The molecule has 0 atom stereocenters. The maximum Gasteiger partial charge on any atom is 0.347 e. The van der Waals surface area contributed by atoms with Crippen molar-refractivity contribution in [3.63, 3.8) is 0 Å². The molecule has 3 nitrogen and oxygen atoms in total. The smallest absolute Gasteiger partial charge is 0.347 e. The average Bonchev–Trinajstić information content (AvgIpc) is 2.02. The molecule has 14 heavy (non-hydrogen) atoms. The Morgan fingerprint density at radius 3 is 2.64 bits per heavy atom. The summed E-state index contributed by atoms with van der Waals surface area (Å²) in [4.78, 5) is 10.8. The van der Waals surface area contributed by atoms with Gasteiger partial charge in [0.15, 0.2) is 5.60 Å². The first-order valence-electron chi connectivity index (χ1n) is 4.10. The van der Waals surface area contributed by atoms with Crippen LogP contribution in [0.25, 0.3) is 0 Å². The highest BCUT2D eigenvalue weighted by molar-refractivity contribution is 14.1. The van der Waals surface area contributed by atoms with Gasteiger partial charge < -0.3 is 9.84 Å². The van der Waals surface area contributed by atoms with Crippen molar-refractivity contribution in [3.8, 4) is 5.75 Å². The summed E-state index contributed by atoms with van der Waals surface area (Å²) < 4.78 is 6.35. The molecule has 0 saturated heterocycles. The number of carboxylic acids is 1. The van der Waals surface area contributed by atoms with Crippen molar-refractivity contribution in [1.82, 2.24) is 0 Å². The number of hydrogen-bond acceptors (Lipinski definition) is 2. The minimum Gasteiger partial charge on any atom is -0.478 e. The summed E-state index contributed by atoms with van der Waals surface area (Å²) in [5.41, 5.74) is -1.19. The van der Waals surface area contributed by atoms with Crippen LogP contribution in [0.5, 0.6) is 5.75 Å². The molecule has 1 aromatic carbocycles. The summed E-state index contributed by atoms with van der Waals surface area (Å²) in [5, 5.41) is 8.84. The Kier molecular flexibility index (Phi) is 3.36. The molecule has 0 aliphatic heterocycles. The highest BCUT2D eigenvalue weighted by Crippen LogP contribution is 2.20. The zero-order chi connectivity index (χ0) is 10.8. The Balaban J connectivity index is 2.83. The van der Waals surface area contributed by atoms with E-state index in [1.807, 2.05) is 12.1 Å². The molecule has 0 aliphatic rings. The minimum absolute atomic E-state index is 0.573. The molecule has 0 saturated carbocycles. The van der Waals surface area contributed by atoms with Crippen LogP contribution in [-0.2, 0) is 4.79 Å². The van der Waals surface area contributed by atoms with Crippen LogP contribution >= 0.6 is 22.6 Å². The van der Waals surface area contributed by atoms with Crippen LogP contribution in [0.4, 0.5) is 0 Å². The topological polar surface area (TPSA) is 46.5 Å². The number of ether oxygens (including phenoxy) is 1. The van der Waals surface area contributed by atoms with Gasteiger partial charge in [-0.15, -0.1) is 0 Å². The number of carbonyl (C=O) groups is 1. The fraction of sp³-hybridized carbons (Fsp3) is 0.300. The summed E-state index contributed by atoms with van der Waals surface area (Å²) in [5.74, 6) is -0.402. The van der Waals surface area contributed by atoms with Crippen molar-refractivity contribution in [2.24, 2.45) is 0 Å². The number of halogens is 1. The third kappa shape index (κ3) is 2.87. The molecule has 0 aliphatic carbocycles. The number of benzene rings is 1. The van der Waals surface area contributed by atoms with E-state index >= 15 is 0 Å². The van der Waals surface area contributed by atoms with Gasteiger partial charge >= 0.3 is 5.97 Å². The van der Waals surface area contributed by atoms with Gasteiger partial charge in [-0.2, -0.15) is 0 Å². The monoisotopic (exact) mass is 306 g/mol. The van der Waals surface area contributed by atoms with Crippen molar-refractivity contribution >= 4 is 28.6 Å². The molecule has 76 valence electrons. The van der Waals surface area contributed by atoms with Crippen molar-refractivity contribution in [2.45, 2.75) is 19.4 Å². The van der Waals surface area contributed by atoms with E-state index in [1.54, 1.807) is 12.1 Å². The van der Waals surface area contributed by atoms with Crippen LogP contribution in [0.15, 0.2) is 24.3 Å². The number of aliphatic carboxylic acids is 1. The van der Waals surface area contributed by atoms with Gasteiger partial charge in [0.1, 0.15) is 5.75 Å². The molecule has 0 heterocycles. The SMILES string of the molecule is CC(C)(Oc1cccc(I)c1)C(=O)O. The Hall–Kier alpha value is -0.780. The van der Waals surface area contributed by atoms with E-state index in [0.717, 1.165) is 3.57 Å². The molecule has 0 amide bonds. The van der Waals surface area contributed by atoms with Crippen LogP contribution in [0.2, 0.25) is 0 Å². The van der Waals surface area contributed by atoms with Gasteiger partial charge in [-0.25, -0.2) is 4.79 Å². The lowest BCUT2D eigenvalue weighted by Crippen LogP contribution is -2.37. The predicted octanol–water partition coefficient (Wildman–Crippen LogP) is 2.53. The lowest BCUT2D eigenvalue weighted by molar-refractivity contribution is -0.152. The van der Waals surface area contributed by atoms with Gasteiger partial charge in [-0.3, -0.25) is 0 Å². The lowest BCUT2D eigenvalue weighted by Gasteiger charge is -2.21. The van der Waals surface area contributed by atoms with Gasteiger partial charge in [-0.1, -0.05) is 6.07 Å². The molecule has 1 aromatic rings. The second-order valence-corrected chi connectivity index (χ2v) is 4.62. The van der Waals surface area contributed by atoms with E-state index in [4.69, 9.17) is 9.84 Å². The Bertz CT molecular complexity index is 347. The van der Waals surface area contributed by atoms with Crippen molar-refractivity contribution in [1.29, 1.82) is 0 Å². The van der Waals surface area contributed by atoms with Crippen LogP contribution < -0.4 is 4.74 Å². The summed E-state index contributed by atoms with van der Waals surface area (Å²) in [6, 6.07) is 7.29. The van der Waals surface area contributed by atoms with Gasteiger partial charge in [0, 0.05) is 3.57 Å². The van der Waals surface area contributed by atoms with E-state index in [-0.39, 0.29) is 0 Å². The molecule has 4 heteroatoms. The first-order chi connectivity index (χ1) is 6.42. The summed E-state index contributed by atoms with van der Waals surface area (Å²) >= 11 is 2.15. The maximum atomic E-state index is 10.8. The zero-order valence-corrected chi connectivity index (χ0v) is 10.1. The Labute approximate surface area is 96.2 Å². The molecule has 0 unspecified atom stereocenters. The summed E-state index contributed by atoms with van der Waals surface area (Å²) in [7, 11) is 0. The largest absolute Gasteiger partial charge is 0.478 e. The third-order valence-electron chi connectivity index (χ3n) is 1.68. The summed E-state index contributed by atoms with van der Waals surface area (Å²) in [6.07, 6.45) is 0. The molecule has 0 spiro atoms. The van der Waals surface area contributed by atoms with Gasteiger partial charge in [-0.05, 0) is 54.6 Å². The lowest BCUT2D eigenvalue weighted by atomic mass is 10.1. The van der Waals surface area contributed by atoms with Crippen molar-refractivity contribution in [2.75, 3.05) is 0 Å². The fourth-order valence-corrected chi connectivity index (χ4v) is 1.38. The standard InChI is InChI=1S/C10H11IO3/c1-10(2,9(12)13)14-8-5-3-4-7(11)6-8/h3-6H,1-2H3,(H,12,13). The van der Waals surface area contributed by atoms with Crippen LogP contribution in [0, 0.1) is 3.57 Å². The van der Waals surface area contributed by atoms with E-state index in [1.165, 1.54) is 13.8 Å². The van der Waals surface area contributed by atoms with E-state index in [2.05, 4.69) is 22.6 Å². The number of carboxylic acid groups (broad SMARTS) is 1. The molecule has 0 fully saturated rings. The first-order valence-corrected chi connectivity index (χ1v) is 5.18. The van der Waals surface area contributed by atoms with Crippen molar-refractivity contribution < 1.29 is 14.6 Å². The van der Waals surface area contributed by atoms with Gasteiger partial charge in [0.05, 0.1) is 0 Å². The highest BCUT2D eigenvalue weighted by Gasteiger charge is 2.29. The zero-order valence-electron chi connectivity index (χ0n) is 7.95. The van der Waals surface area contributed by atoms with Crippen LogP contribution in [0.3, 0.4) is 0 Å². The van der Waals surface area contributed by atoms with E-state index in [0.29, 0.717) is 5.75 Å². The first kappa shape index (κ1) is 11.3. The number of rotatable bonds is 3. The highest BCUT2D eigenvalue weighted by atomic mass is 127.